The topological polar surface area (TPSA) is 63.6 Å². The van der Waals surface area contributed by atoms with Gasteiger partial charge in [-0.3, -0.25) is 4.40 Å². The summed E-state index contributed by atoms with van der Waals surface area (Å²) in [6, 6.07) is 33.7. The molecule has 1 N–H and O–H groups in total. The first kappa shape index (κ1) is 20.0. The van der Waals surface area contributed by atoms with Crippen LogP contribution in [0.5, 0.6) is 5.88 Å². The highest BCUT2D eigenvalue weighted by atomic mass is 16.3. The zero-order chi connectivity index (χ0) is 22.9. The molecule has 0 aliphatic rings. The fraction of sp³-hybridized carbons (Fsp3) is 0.0345. The van der Waals surface area contributed by atoms with Crippen molar-refractivity contribution < 1.29 is 9.52 Å². The third-order valence-electron chi connectivity index (χ3n) is 5.87. The average molecular weight is 444 g/mol. The van der Waals surface area contributed by atoms with Crippen LogP contribution in [0.3, 0.4) is 0 Å². The van der Waals surface area contributed by atoms with Crippen LogP contribution in [0.2, 0.25) is 0 Å². The van der Waals surface area contributed by atoms with Crippen molar-refractivity contribution in [2.75, 3.05) is 0 Å². The van der Waals surface area contributed by atoms with Gasteiger partial charge in [-0.15, -0.1) is 0 Å². The zero-order valence-electron chi connectivity index (χ0n) is 18.3. The summed E-state index contributed by atoms with van der Waals surface area (Å²) in [5.41, 5.74) is 6.24. The third-order valence-corrected chi connectivity index (χ3v) is 5.87. The molecule has 5 heteroatoms. The summed E-state index contributed by atoms with van der Waals surface area (Å²) in [6.07, 6.45) is 2.01. The minimum atomic E-state index is 0.0852. The summed E-state index contributed by atoms with van der Waals surface area (Å²) >= 11 is 0. The molecule has 0 bridgehead atoms. The van der Waals surface area contributed by atoms with E-state index in [1.54, 1.807) is 6.26 Å². The van der Waals surface area contributed by atoms with Gasteiger partial charge in [0.2, 0.25) is 5.88 Å². The number of hydrogen-bond donors (Lipinski definition) is 1. The number of rotatable bonds is 5. The van der Waals surface area contributed by atoms with E-state index in [-0.39, 0.29) is 5.88 Å². The van der Waals surface area contributed by atoms with Gasteiger partial charge in [0.15, 0.2) is 5.65 Å². The standard InChI is InChI=1S/C29H21N3O2/c33-29-24(19-23-17-10-18-34-23)30-28-26(21-13-6-2-7-14-21)31-25(20-11-4-1-5-12-20)27(32(28)29)22-15-8-3-9-16-22/h1-18,33H,19H2. The van der Waals surface area contributed by atoms with Gasteiger partial charge in [0, 0.05) is 16.7 Å². The van der Waals surface area contributed by atoms with E-state index >= 15 is 0 Å². The molecule has 3 aromatic carbocycles. The van der Waals surface area contributed by atoms with Crippen molar-refractivity contribution in [2.24, 2.45) is 0 Å². The number of hydrogen-bond acceptors (Lipinski definition) is 4. The SMILES string of the molecule is Oc1c(Cc2ccco2)nc2c(-c3ccccc3)nc(-c3ccccc3)c(-c3ccccc3)n12. The van der Waals surface area contributed by atoms with Gasteiger partial charge >= 0.3 is 0 Å². The highest BCUT2D eigenvalue weighted by Crippen LogP contribution is 2.39. The summed E-state index contributed by atoms with van der Waals surface area (Å²) in [7, 11) is 0. The largest absolute Gasteiger partial charge is 0.493 e. The Balaban J connectivity index is 1.73. The van der Waals surface area contributed by atoms with Crippen molar-refractivity contribution in [3.8, 4) is 39.7 Å². The lowest BCUT2D eigenvalue weighted by Gasteiger charge is -2.16. The van der Waals surface area contributed by atoms with Gasteiger partial charge in [-0.05, 0) is 12.1 Å². The van der Waals surface area contributed by atoms with E-state index in [0.717, 1.165) is 33.8 Å². The Hall–Kier alpha value is -4.64. The molecule has 0 saturated carbocycles. The molecule has 164 valence electrons. The minimum absolute atomic E-state index is 0.0852. The molecule has 0 spiro atoms. The molecule has 0 fully saturated rings. The van der Waals surface area contributed by atoms with E-state index in [1.165, 1.54) is 0 Å². The lowest BCUT2D eigenvalue weighted by atomic mass is 10.0. The summed E-state index contributed by atoms with van der Waals surface area (Å²) in [5, 5.41) is 11.5. The highest BCUT2D eigenvalue weighted by Gasteiger charge is 2.24. The van der Waals surface area contributed by atoms with Crippen molar-refractivity contribution in [3.05, 3.63) is 121 Å². The predicted molar refractivity (Wildman–Crippen MR) is 132 cm³/mol. The van der Waals surface area contributed by atoms with Crippen LogP contribution in [0.25, 0.3) is 39.4 Å². The van der Waals surface area contributed by atoms with Gasteiger partial charge in [0.25, 0.3) is 0 Å². The van der Waals surface area contributed by atoms with Gasteiger partial charge < -0.3 is 9.52 Å². The van der Waals surface area contributed by atoms with Crippen molar-refractivity contribution in [1.29, 1.82) is 0 Å². The van der Waals surface area contributed by atoms with Gasteiger partial charge in [0.1, 0.15) is 17.1 Å². The van der Waals surface area contributed by atoms with Crippen LogP contribution in [-0.2, 0) is 6.42 Å². The molecule has 0 atom stereocenters. The zero-order valence-corrected chi connectivity index (χ0v) is 18.3. The summed E-state index contributed by atoms with van der Waals surface area (Å²) in [6.45, 7) is 0. The van der Waals surface area contributed by atoms with Gasteiger partial charge in [-0.2, -0.15) is 0 Å². The van der Waals surface area contributed by atoms with E-state index in [2.05, 4.69) is 0 Å². The fourth-order valence-corrected chi connectivity index (χ4v) is 4.29. The first-order valence-electron chi connectivity index (χ1n) is 11.1. The molecule has 3 heterocycles. The second-order valence-corrected chi connectivity index (χ2v) is 8.05. The maximum Gasteiger partial charge on any atom is 0.220 e. The number of nitrogens with zero attached hydrogens (tertiary/aromatic N) is 3. The smallest absolute Gasteiger partial charge is 0.220 e. The molecule has 0 aliphatic heterocycles. The van der Waals surface area contributed by atoms with Crippen LogP contribution in [0.4, 0.5) is 0 Å². The Kier molecular flexibility index (Phi) is 4.92. The van der Waals surface area contributed by atoms with Crippen molar-refractivity contribution in [1.82, 2.24) is 14.4 Å². The second kappa shape index (κ2) is 8.37. The van der Waals surface area contributed by atoms with Crippen molar-refractivity contribution >= 4 is 5.65 Å². The fourth-order valence-electron chi connectivity index (χ4n) is 4.29. The van der Waals surface area contributed by atoms with Crippen LogP contribution in [-0.4, -0.2) is 19.5 Å². The lowest BCUT2D eigenvalue weighted by Crippen LogP contribution is -2.02. The van der Waals surface area contributed by atoms with Gasteiger partial charge in [0.05, 0.1) is 24.1 Å². The van der Waals surface area contributed by atoms with E-state index in [0.29, 0.717) is 23.5 Å². The predicted octanol–water partition coefficient (Wildman–Crippen LogP) is 6.62. The molecule has 0 unspecified atom stereocenters. The molecule has 0 amide bonds. The summed E-state index contributed by atoms with van der Waals surface area (Å²) < 4.78 is 7.36. The molecule has 0 aliphatic carbocycles. The monoisotopic (exact) mass is 443 g/mol. The number of furan rings is 1. The normalized spacial score (nSPS) is 11.2. The summed E-state index contributed by atoms with van der Waals surface area (Å²) in [5.74, 6) is 0.819. The first-order chi connectivity index (χ1) is 16.8. The Morgan fingerprint density at radius 3 is 1.82 bits per heavy atom. The van der Waals surface area contributed by atoms with Crippen LogP contribution >= 0.6 is 0 Å². The molecular weight excluding hydrogens is 422 g/mol. The maximum absolute atomic E-state index is 11.5. The van der Waals surface area contributed by atoms with E-state index < -0.39 is 0 Å². The maximum atomic E-state index is 11.5. The third kappa shape index (κ3) is 3.44. The number of aromatic hydroxyl groups is 1. The molecule has 6 aromatic rings. The van der Waals surface area contributed by atoms with Crippen LogP contribution < -0.4 is 0 Å². The Morgan fingerprint density at radius 2 is 1.24 bits per heavy atom. The molecule has 34 heavy (non-hydrogen) atoms. The average Bonchev–Trinajstić information content (AvgIpc) is 3.53. The van der Waals surface area contributed by atoms with E-state index in [9.17, 15) is 5.11 Å². The van der Waals surface area contributed by atoms with Crippen LogP contribution in [0.15, 0.2) is 114 Å². The van der Waals surface area contributed by atoms with E-state index in [4.69, 9.17) is 14.4 Å². The highest BCUT2D eigenvalue weighted by molar-refractivity contribution is 5.87. The van der Waals surface area contributed by atoms with E-state index in [1.807, 2.05) is 108 Å². The first-order valence-corrected chi connectivity index (χ1v) is 11.1. The number of imidazole rings is 1. The Bertz CT molecular complexity index is 1560. The summed E-state index contributed by atoms with van der Waals surface area (Å²) in [4.78, 5) is 10.0. The molecule has 0 saturated heterocycles. The lowest BCUT2D eigenvalue weighted by molar-refractivity contribution is 0.439. The van der Waals surface area contributed by atoms with Crippen LogP contribution in [0, 0.1) is 0 Å². The number of fused-ring (bicyclic) bond motifs is 1. The Labute approximate surface area is 196 Å². The van der Waals surface area contributed by atoms with Crippen LogP contribution in [0.1, 0.15) is 11.5 Å². The quantitative estimate of drug-likeness (QED) is 0.325. The van der Waals surface area contributed by atoms with Gasteiger partial charge in [-0.1, -0.05) is 91.0 Å². The molecule has 6 rings (SSSR count). The molecule has 0 radical (unpaired) electrons. The van der Waals surface area contributed by atoms with Gasteiger partial charge in [-0.25, -0.2) is 9.97 Å². The number of aromatic nitrogens is 3. The molecule has 3 aromatic heterocycles. The second-order valence-electron chi connectivity index (χ2n) is 8.05. The Morgan fingerprint density at radius 1 is 0.647 bits per heavy atom. The minimum Gasteiger partial charge on any atom is -0.493 e. The van der Waals surface area contributed by atoms with Crippen molar-refractivity contribution in [2.45, 2.75) is 6.42 Å². The van der Waals surface area contributed by atoms with Crippen molar-refractivity contribution in [3.63, 3.8) is 0 Å². The molecule has 5 nitrogen and oxygen atoms in total. The molecular formula is C29H21N3O2. The number of benzene rings is 3.